The minimum atomic E-state index is -1.06. The molecule has 0 fully saturated rings. The number of hydrogen-bond acceptors (Lipinski definition) is 5. The summed E-state index contributed by atoms with van der Waals surface area (Å²) in [6.45, 7) is 6.00. The van der Waals surface area contributed by atoms with Gasteiger partial charge in [0.05, 0.1) is 25.6 Å². The highest BCUT2D eigenvalue weighted by Crippen LogP contribution is 2.41. The summed E-state index contributed by atoms with van der Waals surface area (Å²) >= 11 is 15.4. The molecule has 2 aromatic heterocycles. The first-order valence-corrected chi connectivity index (χ1v) is 12.2. The van der Waals surface area contributed by atoms with Crippen molar-refractivity contribution in [1.29, 1.82) is 0 Å². The van der Waals surface area contributed by atoms with E-state index in [1.54, 1.807) is 23.9 Å². The van der Waals surface area contributed by atoms with Crippen molar-refractivity contribution >= 4 is 52.3 Å². The van der Waals surface area contributed by atoms with E-state index in [1.807, 2.05) is 43.3 Å². The zero-order valence-electron chi connectivity index (χ0n) is 17.5. The van der Waals surface area contributed by atoms with Crippen LogP contribution in [0.2, 0.25) is 10.0 Å². The molecule has 4 aromatic rings. The molecule has 5 nitrogen and oxygen atoms in total. The van der Waals surface area contributed by atoms with E-state index < -0.39 is 5.97 Å². The molecule has 4 rings (SSSR count). The maximum atomic E-state index is 12.3. The van der Waals surface area contributed by atoms with Gasteiger partial charge in [-0.3, -0.25) is 0 Å². The molecule has 1 N–H and O–H groups in total. The number of rotatable bonds is 6. The zero-order chi connectivity index (χ0) is 23.0. The maximum Gasteiger partial charge on any atom is 0.355 e. The van der Waals surface area contributed by atoms with Crippen LogP contribution in [0.25, 0.3) is 27.5 Å². The van der Waals surface area contributed by atoms with Crippen molar-refractivity contribution in [3.8, 4) is 27.5 Å². The van der Waals surface area contributed by atoms with Crippen molar-refractivity contribution in [2.75, 3.05) is 0 Å². The molecular formula is C23H19Cl2N3O2S2. The van der Waals surface area contributed by atoms with E-state index in [0.29, 0.717) is 31.7 Å². The second-order valence-electron chi connectivity index (χ2n) is 7.32. The fourth-order valence-electron chi connectivity index (χ4n) is 3.32. The van der Waals surface area contributed by atoms with Crippen LogP contribution in [0.15, 0.2) is 52.7 Å². The average molecular weight is 504 g/mol. The summed E-state index contributed by atoms with van der Waals surface area (Å²) in [6.07, 6.45) is 0. The lowest BCUT2D eigenvalue weighted by atomic mass is 10.0. The Labute approximate surface area is 204 Å². The number of benzene rings is 2. The van der Waals surface area contributed by atoms with Gasteiger partial charge in [0.25, 0.3) is 0 Å². The second-order valence-corrected chi connectivity index (χ2v) is 11.0. The van der Waals surface area contributed by atoms with Crippen molar-refractivity contribution < 1.29 is 9.90 Å². The maximum absolute atomic E-state index is 12.3. The number of nitrogens with zero attached hydrogens (tertiary/aromatic N) is 3. The number of aryl methyl sites for hydroxylation is 1. The Bertz CT molecular complexity index is 1300. The molecule has 2 heterocycles. The minimum absolute atomic E-state index is 0.0873. The number of halogens is 2. The molecule has 32 heavy (non-hydrogen) atoms. The van der Waals surface area contributed by atoms with E-state index in [4.69, 9.17) is 28.2 Å². The van der Waals surface area contributed by atoms with E-state index in [9.17, 15) is 9.90 Å². The monoisotopic (exact) mass is 503 g/mol. The van der Waals surface area contributed by atoms with Crippen molar-refractivity contribution in [3.63, 3.8) is 0 Å². The topological polar surface area (TPSA) is 68.0 Å². The smallest absolute Gasteiger partial charge is 0.355 e. The molecule has 0 spiro atoms. The lowest BCUT2D eigenvalue weighted by Crippen LogP contribution is -2.09. The van der Waals surface area contributed by atoms with Crippen molar-refractivity contribution in [1.82, 2.24) is 14.8 Å². The summed E-state index contributed by atoms with van der Waals surface area (Å²) in [4.78, 5) is 17.1. The van der Waals surface area contributed by atoms with Crippen molar-refractivity contribution in [3.05, 3.63) is 70.0 Å². The van der Waals surface area contributed by atoms with Gasteiger partial charge < -0.3 is 5.11 Å². The summed E-state index contributed by atoms with van der Waals surface area (Å²) in [5.74, 6) is -1.06. The highest BCUT2D eigenvalue weighted by Gasteiger charge is 2.26. The summed E-state index contributed by atoms with van der Waals surface area (Å²) in [5.41, 5.74) is 3.64. The Balaban J connectivity index is 1.92. The van der Waals surface area contributed by atoms with Gasteiger partial charge in [0.2, 0.25) is 5.13 Å². The second kappa shape index (κ2) is 9.27. The fourth-order valence-corrected chi connectivity index (χ4v) is 6.10. The van der Waals surface area contributed by atoms with Crippen LogP contribution in [0.1, 0.15) is 30.0 Å². The molecule has 164 valence electrons. The van der Waals surface area contributed by atoms with Gasteiger partial charge >= 0.3 is 5.97 Å². The standard InChI is InChI=1S/C23H19Cl2N3O2S2/c1-12(2)31-22-19(15-9-10-16(24)17(25)11-15)26-23(32-22)28-20(21(29)30)18(13(3)27-28)14-7-5-4-6-8-14/h4-12H,1-3H3,(H,29,30). The fraction of sp³-hybridized carbons (Fsp3) is 0.174. The SMILES string of the molecule is Cc1nn(-c2nc(-c3ccc(Cl)c(Cl)c3)c(SC(C)C)s2)c(C(=O)O)c1-c1ccccc1. The Kier molecular flexibility index (Phi) is 6.62. The van der Waals surface area contributed by atoms with Crippen LogP contribution in [0.4, 0.5) is 0 Å². The van der Waals surface area contributed by atoms with Gasteiger partial charge in [-0.05, 0) is 24.6 Å². The predicted molar refractivity (Wildman–Crippen MR) is 133 cm³/mol. The third-order valence-electron chi connectivity index (χ3n) is 4.63. The van der Waals surface area contributed by atoms with Gasteiger partial charge in [0.1, 0.15) is 0 Å². The molecule has 0 saturated heterocycles. The van der Waals surface area contributed by atoms with Crippen molar-refractivity contribution in [2.24, 2.45) is 0 Å². The predicted octanol–water partition coefficient (Wildman–Crippen LogP) is 7.48. The van der Waals surface area contributed by atoms with Crippen LogP contribution in [0, 0.1) is 6.92 Å². The van der Waals surface area contributed by atoms with E-state index >= 15 is 0 Å². The Morgan fingerprint density at radius 3 is 2.44 bits per heavy atom. The van der Waals surface area contributed by atoms with E-state index in [0.717, 1.165) is 21.0 Å². The summed E-state index contributed by atoms with van der Waals surface area (Å²) in [7, 11) is 0. The first kappa shape index (κ1) is 22.9. The highest BCUT2D eigenvalue weighted by atomic mass is 35.5. The van der Waals surface area contributed by atoms with Gasteiger partial charge in [-0.25, -0.2) is 9.78 Å². The number of aromatic carboxylic acids is 1. The van der Waals surface area contributed by atoms with Crippen LogP contribution in [0.5, 0.6) is 0 Å². The number of carboxylic acid groups (broad SMARTS) is 1. The number of thiazole rings is 1. The normalized spacial score (nSPS) is 11.3. The Morgan fingerprint density at radius 2 is 1.81 bits per heavy atom. The van der Waals surface area contributed by atoms with Gasteiger partial charge in [-0.1, -0.05) is 84.8 Å². The van der Waals surface area contributed by atoms with Crippen LogP contribution < -0.4 is 0 Å². The summed E-state index contributed by atoms with van der Waals surface area (Å²) < 4.78 is 2.38. The van der Waals surface area contributed by atoms with Crippen LogP contribution in [-0.2, 0) is 0 Å². The Morgan fingerprint density at radius 1 is 1.09 bits per heavy atom. The first-order valence-electron chi connectivity index (χ1n) is 9.78. The quantitative estimate of drug-likeness (QED) is 0.276. The number of carboxylic acids is 1. The third kappa shape index (κ3) is 4.43. The van der Waals surface area contributed by atoms with Gasteiger partial charge in [0.15, 0.2) is 5.69 Å². The van der Waals surface area contributed by atoms with E-state index in [-0.39, 0.29) is 5.69 Å². The first-order chi connectivity index (χ1) is 15.3. The molecule has 0 aliphatic heterocycles. The third-order valence-corrected chi connectivity index (χ3v) is 7.61. The largest absolute Gasteiger partial charge is 0.476 e. The summed E-state index contributed by atoms with van der Waals surface area (Å²) in [6, 6.07) is 14.8. The molecule has 0 aliphatic rings. The van der Waals surface area contributed by atoms with Crippen LogP contribution in [0.3, 0.4) is 0 Å². The molecule has 0 amide bonds. The molecule has 0 radical (unpaired) electrons. The van der Waals surface area contributed by atoms with Crippen LogP contribution >= 0.6 is 46.3 Å². The van der Waals surface area contributed by atoms with Crippen LogP contribution in [-0.4, -0.2) is 31.1 Å². The zero-order valence-corrected chi connectivity index (χ0v) is 20.6. The molecule has 0 saturated carbocycles. The van der Waals surface area contributed by atoms with Gasteiger partial charge in [0, 0.05) is 16.4 Å². The molecule has 0 atom stereocenters. The number of thioether (sulfide) groups is 1. The number of carbonyl (C=O) groups is 1. The van der Waals surface area contributed by atoms with E-state index in [2.05, 4.69) is 18.9 Å². The molecule has 0 aliphatic carbocycles. The molecule has 0 unspecified atom stereocenters. The average Bonchev–Trinajstić information content (AvgIpc) is 3.31. The summed E-state index contributed by atoms with van der Waals surface area (Å²) in [5, 5.41) is 16.3. The molecule has 0 bridgehead atoms. The van der Waals surface area contributed by atoms with Crippen molar-refractivity contribution in [2.45, 2.75) is 30.2 Å². The molecule has 9 heteroatoms. The lowest BCUT2D eigenvalue weighted by Gasteiger charge is -2.05. The minimum Gasteiger partial charge on any atom is -0.476 e. The molecular weight excluding hydrogens is 485 g/mol. The van der Waals surface area contributed by atoms with Gasteiger partial charge in [-0.15, -0.1) is 11.8 Å². The van der Waals surface area contributed by atoms with Gasteiger partial charge in [-0.2, -0.15) is 9.78 Å². The number of hydrogen-bond donors (Lipinski definition) is 1. The van der Waals surface area contributed by atoms with E-state index in [1.165, 1.54) is 16.0 Å². The highest BCUT2D eigenvalue weighted by molar-refractivity contribution is 8.01. The molecule has 2 aromatic carbocycles. The Hall–Kier alpha value is -2.32. The lowest BCUT2D eigenvalue weighted by molar-refractivity contribution is 0.0688. The number of aromatic nitrogens is 3.